The van der Waals surface area contributed by atoms with Gasteiger partial charge in [-0.15, -0.1) is 0 Å². The number of piperazine rings is 1. The van der Waals surface area contributed by atoms with Gasteiger partial charge in [0.2, 0.25) is 5.95 Å². The number of carboxylic acids is 2. The zero-order valence-corrected chi connectivity index (χ0v) is 17.8. The minimum atomic E-state index is -1.01. The molecule has 10 heteroatoms. The van der Waals surface area contributed by atoms with Crippen LogP contribution in [0.4, 0.5) is 5.95 Å². The van der Waals surface area contributed by atoms with E-state index in [1.54, 1.807) is 42.3 Å². The number of rotatable bonds is 5. The topological polar surface area (TPSA) is 112 Å². The Morgan fingerprint density at radius 3 is 2.37 bits per heavy atom. The Morgan fingerprint density at radius 2 is 1.77 bits per heavy atom. The molecule has 0 bridgehead atoms. The van der Waals surface area contributed by atoms with E-state index < -0.39 is 18.0 Å². The van der Waals surface area contributed by atoms with Crippen LogP contribution in [-0.4, -0.2) is 67.8 Å². The van der Waals surface area contributed by atoms with E-state index in [1.807, 2.05) is 9.80 Å². The number of aromatic nitrogens is 3. The fourth-order valence-electron chi connectivity index (χ4n) is 3.90. The molecule has 1 aliphatic heterocycles. The molecule has 3 heterocycles. The minimum absolute atomic E-state index is 0.172. The van der Waals surface area contributed by atoms with Gasteiger partial charge in [-0.25, -0.2) is 14.8 Å². The lowest BCUT2D eigenvalue weighted by atomic mass is 10.0. The Labute approximate surface area is 180 Å². The van der Waals surface area contributed by atoms with E-state index in [4.69, 9.17) is 0 Å². The third kappa shape index (κ3) is 3.75. The molecule has 3 aromatic rings. The fraction of sp³-hybridized carbons (Fsp3) is 0.300. The average Bonchev–Trinajstić information content (AvgIpc) is 3.05. The second kappa shape index (κ2) is 8.04. The number of anilines is 1. The third-order valence-corrected chi connectivity index (χ3v) is 5.78. The van der Waals surface area contributed by atoms with Crippen molar-refractivity contribution in [3.8, 4) is 0 Å². The maximum atomic E-state index is 12.2. The molecule has 1 saturated heterocycles. The summed E-state index contributed by atoms with van der Waals surface area (Å²) in [6.45, 7) is 2.30. The van der Waals surface area contributed by atoms with E-state index in [2.05, 4.69) is 25.9 Å². The van der Waals surface area contributed by atoms with Crippen LogP contribution in [0, 0.1) is 0 Å². The normalized spacial score (nSPS) is 16.0. The molecule has 1 aliphatic rings. The highest BCUT2D eigenvalue weighted by Gasteiger charge is 2.33. The number of benzene rings is 1. The number of carboxylic acid groups (broad SMARTS) is 2. The van der Waals surface area contributed by atoms with Crippen molar-refractivity contribution in [3.05, 3.63) is 52.4 Å². The Hall–Kier alpha value is -2.98. The lowest BCUT2D eigenvalue weighted by molar-refractivity contribution is -0.143. The number of aromatic carboxylic acids is 1. The van der Waals surface area contributed by atoms with Gasteiger partial charge < -0.3 is 19.7 Å². The van der Waals surface area contributed by atoms with Gasteiger partial charge in [0.1, 0.15) is 6.04 Å². The SMILES string of the molecule is Cn1cc([C@@H](C(=O)O)N2CCN(c3ncc(Br)cn3)CC2)c2ccc(C(=O)O)cc21. The first-order valence-electron chi connectivity index (χ1n) is 9.37. The van der Waals surface area contributed by atoms with E-state index in [9.17, 15) is 19.8 Å². The lowest BCUT2D eigenvalue weighted by Gasteiger charge is -2.37. The summed E-state index contributed by atoms with van der Waals surface area (Å²) in [5, 5.41) is 20.0. The number of halogens is 1. The molecule has 1 fully saturated rings. The number of aryl methyl sites for hydroxylation is 1. The number of aliphatic carboxylic acids is 1. The molecule has 2 aromatic heterocycles. The van der Waals surface area contributed by atoms with E-state index in [0.29, 0.717) is 43.2 Å². The summed E-state index contributed by atoms with van der Waals surface area (Å²) in [5.41, 5.74) is 1.52. The molecule has 0 spiro atoms. The van der Waals surface area contributed by atoms with Gasteiger partial charge in [0.25, 0.3) is 0 Å². The summed E-state index contributed by atoms with van der Waals surface area (Å²) in [7, 11) is 1.79. The van der Waals surface area contributed by atoms with E-state index >= 15 is 0 Å². The molecule has 1 atom stereocenters. The zero-order chi connectivity index (χ0) is 21.4. The molecule has 9 nitrogen and oxygen atoms in total. The summed E-state index contributed by atoms with van der Waals surface area (Å²) in [4.78, 5) is 36.1. The van der Waals surface area contributed by atoms with Crippen molar-refractivity contribution in [3.63, 3.8) is 0 Å². The Balaban J connectivity index is 1.60. The predicted molar refractivity (Wildman–Crippen MR) is 114 cm³/mol. The molecule has 2 N–H and O–H groups in total. The summed E-state index contributed by atoms with van der Waals surface area (Å²) in [6, 6.07) is 3.95. The third-order valence-electron chi connectivity index (χ3n) is 5.37. The molecule has 0 saturated carbocycles. The van der Waals surface area contributed by atoms with Crippen LogP contribution in [0.25, 0.3) is 10.9 Å². The van der Waals surface area contributed by atoms with E-state index in [0.717, 1.165) is 9.86 Å². The Bertz CT molecular complexity index is 1110. The van der Waals surface area contributed by atoms with Crippen LogP contribution >= 0.6 is 15.9 Å². The van der Waals surface area contributed by atoms with Crippen molar-refractivity contribution in [1.29, 1.82) is 0 Å². The van der Waals surface area contributed by atoms with Gasteiger partial charge in [-0.3, -0.25) is 9.69 Å². The zero-order valence-electron chi connectivity index (χ0n) is 16.2. The first-order valence-corrected chi connectivity index (χ1v) is 10.2. The standard InChI is InChI=1S/C20H20BrN5O4/c1-24-11-15(14-3-2-12(18(27)28)8-16(14)24)17(19(29)30)25-4-6-26(7-5-25)20-22-9-13(21)10-23-20/h2-3,8-11,17H,4-7H2,1H3,(H,27,28)(H,29,30)/t17-/m0/s1. The maximum Gasteiger partial charge on any atom is 0.335 e. The van der Waals surface area contributed by atoms with Gasteiger partial charge in [0.15, 0.2) is 0 Å². The summed E-state index contributed by atoms with van der Waals surface area (Å²) < 4.78 is 2.58. The highest BCUT2D eigenvalue weighted by atomic mass is 79.9. The number of nitrogens with zero attached hydrogens (tertiary/aromatic N) is 5. The van der Waals surface area contributed by atoms with Crippen LogP contribution in [0.15, 0.2) is 41.3 Å². The molecule has 0 radical (unpaired) electrons. The summed E-state index contributed by atoms with van der Waals surface area (Å²) in [6.07, 6.45) is 5.16. The van der Waals surface area contributed by atoms with Gasteiger partial charge in [-0.2, -0.15) is 0 Å². The molecule has 0 unspecified atom stereocenters. The first kappa shape index (κ1) is 20.3. The van der Waals surface area contributed by atoms with E-state index in [-0.39, 0.29) is 5.56 Å². The van der Waals surface area contributed by atoms with Crippen LogP contribution in [0.1, 0.15) is 22.0 Å². The van der Waals surface area contributed by atoms with Gasteiger partial charge in [-0.05, 0) is 28.1 Å². The second-order valence-electron chi connectivity index (χ2n) is 7.20. The number of hydrogen-bond donors (Lipinski definition) is 2. The van der Waals surface area contributed by atoms with Gasteiger partial charge in [0.05, 0.1) is 10.0 Å². The molecule has 4 rings (SSSR count). The van der Waals surface area contributed by atoms with Crippen LogP contribution in [0.5, 0.6) is 0 Å². The largest absolute Gasteiger partial charge is 0.480 e. The maximum absolute atomic E-state index is 12.2. The quantitative estimate of drug-likeness (QED) is 0.580. The fourth-order valence-corrected chi connectivity index (χ4v) is 4.11. The first-order chi connectivity index (χ1) is 14.3. The molecular weight excluding hydrogens is 454 g/mol. The molecule has 0 amide bonds. The highest BCUT2D eigenvalue weighted by molar-refractivity contribution is 9.10. The predicted octanol–water partition coefficient (Wildman–Crippen LogP) is 2.38. The molecule has 1 aromatic carbocycles. The number of fused-ring (bicyclic) bond motifs is 1. The number of carbonyl (C=O) groups is 2. The van der Waals surface area contributed by atoms with Gasteiger partial charge in [-0.1, -0.05) is 6.07 Å². The molecule has 30 heavy (non-hydrogen) atoms. The van der Waals surface area contributed by atoms with Crippen LogP contribution < -0.4 is 4.90 Å². The molecule has 156 valence electrons. The summed E-state index contributed by atoms with van der Waals surface area (Å²) in [5.74, 6) is -1.32. The highest BCUT2D eigenvalue weighted by Crippen LogP contribution is 2.32. The summed E-state index contributed by atoms with van der Waals surface area (Å²) >= 11 is 3.32. The van der Waals surface area contributed by atoms with Crippen LogP contribution in [-0.2, 0) is 11.8 Å². The van der Waals surface area contributed by atoms with Gasteiger partial charge >= 0.3 is 11.9 Å². The molecule has 0 aliphatic carbocycles. The lowest BCUT2D eigenvalue weighted by Crippen LogP contribution is -2.49. The van der Waals surface area contributed by atoms with Crippen LogP contribution in [0.3, 0.4) is 0 Å². The Kier molecular flexibility index (Phi) is 5.44. The monoisotopic (exact) mass is 473 g/mol. The smallest absolute Gasteiger partial charge is 0.335 e. The van der Waals surface area contributed by atoms with Crippen molar-refractivity contribution >= 4 is 44.7 Å². The minimum Gasteiger partial charge on any atom is -0.480 e. The van der Waals surface area contributed by atoms with E-state index in [1.165, 1.54) is 6.07 Å². The van der Waals surface area contributed by atoms with Crippen molar-refractivity contribution < 1.29 is 19.8 Å². The number of hydrogen-bond acceptors (Lipinski definition) is 6. The van der Waals surface area contributed by atoms with Crippen molar-refractivity contribution in [2.75, 3.05) is 31.1 Å². The average molecular weight is 474 g/mol. The second-order valence-corrected chi connectivity index (χ2v) is 8.11. The van der Waals surface area contributed by atoms with Crippen molar-refractivity contribution in [2.45, 2.75) is 6.04 Å². The molecular formula is C20H20BrN5O4. The van der Waals surface area contributed by atoms with Gasteiger partial charge in [0, 0.05) is 68.3 Å². The Morgan fingerprint density at radius 1 is 1.10 bits per heavy atom. The van der Waals surface area contributed by atoms with Crippen molar-refractivity contribution in [1.82, 2.24) is 19.4 Å². The van der Waals surface area contributed by atoms with Crippen molar-refractivity contribution in [2.24, 2.45) is 7.05 Å². The van der Waals surface area contributed by atoms with Crippen LogP contribution in [0.2, 0.25) is 0 Å².